The van der Waals surface area contributed by atoms with E-state index in [1.165, 1.54) is 5.56 Å². The van der Waals surface area contributed by atoms with E-state index in [-0.39, 0.29) is 5.91 Å². The molecular formula is C16H23N2O3S-. The first-order valence-corrected chi connectivity index (χ1v) is 8.65. The number of aryl methyl sites for hydroxylation is 1. The zero-order valence-electron chi connectivity index (χ0n) is 12.8. The van der Waals surface area contributed by atoms with Crippen molar-refractivity contribution in [1.29, 1.82) is 0 Å². The smallest absolute Gasteiger partial charge is 0.242 e. The fraction of sp³-hybridized carbons (Fsp3) is 0.500. The summed E-state index contributed by atoms with van der Waals surface area (Å²) in [7, 11) is 0. The molecule has 122 valence electrons. The molecule has 0 bridgehead atoms. The maximum Gasteiger partial charge on any atom is 0.242 e. The largest absolute Gasteiger partial charge is 0.530 e. The van der Waals surface area contributed by atoms with E-state index in [4.69, 9.17) is 0 Å². The summed E-state index contributed by atoms with van der Waals surface area (Å²) in [6.07, 6.45) is 0.755. The Hall–Kier alpha value is -1.69. The highest BCUT2D eigenvalue weighted by Crippen LogP contribution is 2.05. The Morgan fingerprint density at radius 1 is 1.27 bits per heavy atom. The molecule has 1 unspecified atom stereocenters. The molecule has 22 heavy (non-hydrogen) atoms. The zero-order valence-corrected chi connectivity index (χ0v) is 13.7. The second kappa shape index (κ2) is 11.0. The van der Waals surface area contributed by atoms with Gasteiger partial charge in [0.2, 0.25) is 5.91 Å². The van der Waals surface area contributed by atoms with Crippen molar-refractivity contribution in [3.63, 3.8) is 0 Å². The number of thioether (sulfide) groups is 1. The highest BCUT2D eigenvalue weighted by atomic mass is 32.2. The molecule has 0 aliphatic heterocycles. The van der Waals surface area contributed by atoms with Crippen molar-refractivity contribution >= 4 is 23.8 Å². The molecule has 0 saturated carbocycles. The fourth-order valence-electron chi connectivity index (χ4n) is 2.03. The molecule has 0 saturated heterocycles. The summed E-state index contributed by atoms with van der Waals surface area (Å²) in [6.45, 7) is 2.55. The van der Waals surface area contributed by atoms with Gasteiger partial charge in [-0.25, -0.2) is 0 Å². The molecule has 2 N–H and O–H groups in total. The van der Waals surface area contributed by atoms with Crippen molar-refractivity contribution in [1.82, 2.24) is 10.6 Å². The lowest BCUT2D eigenvalue weighted by Gasteiger charge is -2.19. The molecular weight excluding hydrogens is 300 g/mol. The Morgan fingerprint density at radius 3 is 2.64 bits per heavy atom. The van der Waals surface area contributed by atoms with Crippen LogP contribution >= 0.6 is 11.8 Å². The number of carbonyl (C=O) groups excluding carboxylic acids is 2. The van der Waals surface area contributed by atoms with Gasteiger partial charge in [-0.05, 0) is 36.3 Å². The third-order valence-electron chi connectivity index (χ3n) is 3.15. The molecule has 0 aliphatic rings. The third-order valence-corrected chi connectivity index (χ3v) is 4.08. The van der Waals surface area contributed by atoms with E-state index in [1.807, 2.05) is 37.3 Å². The van der Waals surface area contributed by atoms with Crippen molar-refractivity contribution in [3.8, 4) is 0 Å². The van der Waals surface area contributed by atoms with Gasteiger partial charge in [0, 0.05) is 6.54 Å². The number of hydrogen-bond acceptors (Lipinski definition) is 4. The predicted octanol–water partition coefficient (Wildman–Crippen LogP) is 1.18. The SMILES string of the molecule is CCSCCC(NC(=O)[O-])C(=O)NCCCc1ccccc1. The molecule has 0 fully saturated rings. The normalized spacial score (nSPS) is 11.7. The Bertz CT molecular complexity index is 454. The highest BCUT2D eigenvalue weighted by Gasteiger charge is 2.17. The van der Waals surface area contributed by atoms with Gasteiger partial charge in [-0.15, -0.1) is 0 Å². The van der Waals surface area contributed by atoms with Crippen LogP contribution in [0.2, 0.25) is 0 Å². The number of hydrogen-bond donors (Lipinski definition) is 2. The standard InChI is InChI=1S/C16H24N2O3S/c1-2-22-12-10-14(18-16(20)21)15(19)17-11-6-9-13-7-4-3-5-8-13/h3-5,7-8,14,18H,2,6,9-12H2,1H3,(H,17,19)(H,20,21)/p-1. The van der Waals surface area contributed by atoms with E-state index in [2.05, 4.69) is 10.6 Å². The van der Waals surface area contributed by atoms with Crippen molar-refractivity contribution < 1.29 is 14.7 Å². The molecule has 1 aromatic carbocycles. The Kier molecular flexibility index (Phi) is 9.14. The minimum atomic E-state index is -1.41. The maximum atomic E-state index is 12.0. The predicted molar refractivity (Wildman–Crippen MR) is 87.7 cm³/mol. The molecule has 2 amide bonds. The fourth-order valence-corrected chi connectivity index (χ4v) is 2.72. The Morgan fingerprint density at radius 2 is 2.00 bits per heavy atom. The first kappa shape index (κ1) is 18.4. The third kappa shape index (κ3) is 7.93. The van der Waals surface area contributed by atoms with Crippen LogP contribution in [0.5, 0.6) is 0 Å². The second-order valence-electron chi connectivity index (χ2n) is 4.85. The maximum absolute atomic E-state index is 12.0. The summed E-state index contributed by atoms with van der Waals surface area (Å²) in [5, 5.41) is 15.6. The summed E-state index contributed by atoms with van der Waals surface area (Å²) < 4.78 is 0. The lowest BCUT2D eigenvalue weighted by atomic mass is 10.1. The van der Waals surface area contributed by atoms with Gasteiger partial charge in [0.05, 0.1) is 0 Å². The first-order chi connectivity index (χ1) is 10.6. The van der Waals surface area contributed by atoms with Crippen molar-refractivity contribution in [2.75, 3.05) is 18.1 Å². The summed E-state index contributed by atoms with van der Waals surface area (Å²) >= 11 is 1.67. The number of amides is 2. The van der Waals surface area contributed by atoms with Gasteiger partial charge in [0.25, 0.3) is 0 Å². The molecule has 0 aliphatic carbocycles. The molecule has 5 nitrogen and oxygen atoms in total. The highest BCUT2D eigenvalue weighted by molar-refractivity contribution is 7.99. The van der Waals surface area contributed by atoms with E-state index < -0.39 is 12.1 Å². The molecule has 6 heteroatoms. The second-order valence-corrected chi connectivity index (χ2v) is 6.24. The molecule has 0 aromatic heterocycles. The molecule has 1 rings (SSSR count). The van der Waals surface area contributed by atoms with E-state index in [0.29, 0.717) is 13.0 Å². The number of benzene rings is 1. The molecule has 1 atom stereocenters. The van der Waals surface area contributed by atoms with Crippen molar-refractivity contribution in [2.45, 2.75) is 32.2 Å². The average Bonchev–Trinajstić information content (AvgIpc) is 2.51. The topological polar surface area (TPSA) is 81.3 Å². The molecule has 1 aromatic rings. The van der Waals surface area contributed by atoms with E-state index >= 15 is 0 Å². The number of carboxylic acid groups (broad SMARTS) is 1. The summed E-state index contributed by atoms with van der Waals surface area (Å²) in [5.74, 6) is 1.39. The first-order valence-electron chi connectivity index (χ1n) is 7.50. The number of nitrogens with one attached hydrogen (secondary N) is 2. The van der Waals surface area contributed by atoms with Gasteiger partial charge in [-0.1, -0.05) is 37.3 Å². The Labute approximate surface area is 135 Å². The van der Waals surface area contributed by atoms with Gasteiger partial charge in [0.15, 0.2) is 0 Å². The molecule has 0 spiro atoms. The van der Waals surface area contributed by atoms with E-state index in [0.717, 1.165) is 24.3 Å². The molecule has 0 heterocycles. The lowest BCUT2D eigenvalue weighted by Crippen LogP contribution is -2.51. The summed E-state index contributed by atoms with van der Waals surface area (Å²) in [5.41, 5.74) is 1.22. The Balaban J connectivity index is 2.30. The van der Waals surface area contributed by atoms with Crippen molar-refractivity contribution in [3.05, 3.63) is 35.9 Å². The van der Waals surface area contributed by atoms with Gasteiger partial charge < -0.3 is 20.5 Å². The number of rotatable bonds is 10. The number of carbonyl (C=O) groups is 2. The zero-order chi connectivity index (χ0) is 16.2. The summed E-state index contributed by atoms with van der Waals surface area (Å²) in [6, 6.07) is 9.29. The van der Waals surface area contributed by atoms with Crippen LogP contribution in [0.4, 0.5) is 4.79 Å². The van der Waals surface area contributed by atoms with E-state index in [9.17, 15) is 14.7 Å². The van der Waals surface area contributed by atoms with Crippen LogP contribution in [0.1, 0.15) is 25.3 Å². The van der Waals surface area contributed by atoms with Crippen LogP contribution in [-0.4, -0.2) is 36.1 Å². The molecule has 0 radical (unpaired) electrons. The van der Waals surface area contributed by atoms with Gasteiger partial charge in [-0.2, -0.15) is 11.8 Å². The van der Waals surface area contributed by atoms with Gasteiger partial charge in [-0.3, -0.25) is 4.79 Å². The quantitative estimate of drug-likeness (QED) is 0.634. The minimum Gasteiger partial charge on any atom is -0.530 e. The van der Waals surface area contributed by atoms with Crippen LogP contribution in [0.25, 0.3) is 0 Å². The van der Waals surface area contributed by atoms with Crippen LogP contribution in [-0.2, 0) is 11.2 Å². The van der Waals surface area contributed by atoms with Gasteiger partial charge >= 0.3 is 0 Å². The van der Waals surface area contributed by atoms with E-state index in [1.54, 1.807) is 11.8 Å². The van der Waals surface area contributed by atoms with Crippen LogP contribution < -0.4 is 15.7 Å². The average molecular weight is 323 g/mol. The lowest BCUT2D eigenvalue weighted by molar-refractivity contribution is -0.251. The van der Waals surface area contributed by atoms with Crippen LogP contribution in [0.15, 0.2) is 30.3 Å². The summed E-state index contributed by atoms with van der Waals surface area (Å²) in [4.78, 5) is 22.7. The monoisotopic (exact) mass is 323 g/mol. The van der Waals surface area contributed by atoms with Gasteiger partial charge in [0.1, 0.15) is 12.1 Å². The minimum absolute atomic E-state index is 0.283. The van der Waals surface area contributed by atoms with Crippen LogP contribution in [0.3, 0.4) is 0 Å². The van der Waals surface area contributed by atoms with Crippen molar-refractivity contribution in [2.24, 2.45) is 0 Å². The van der Waals surface area contributed by atoms with Crippen LogP contribution in [0, 0.1) is 0 Å².